The smallest absolute Gasteiger partial charge is 0.191 e. The fraction of sp³-hybridized carbons (Fsp3) is 0.480. The largest absolute Gasteiger partial charge is 0.379 e. The van der Waals surface area contributed by atoms with Crippen LogP contribution in [-0.4, -0.2) is 50.3 Å². The fourth-order valence-electron chi connectivity index (χ4n) is 4.07. The van der Waals surface area contributed by atoms with Crippen LogP contribution in [0.2, 0.25) is 0 Å². The van der Waals surface area contributed by atoms with Gasteiger partial charge in [0.2, 0.25) is 0 Å². The average Bonchev–Trinajstić information content (AvgIpc) is 3.59. The number of rotatable bonds is 8. The quantitative estimate of drug-likeness (QED) is 0.295. The molecule has 2 N–H and O–H groups in total. The third-order valence-electron chi connectivity index (χ3n) is 6.18. The van der Waals surface area contributed by atoms with Crippen LogP contribution in [0.15, 0.2) is 53.5 Å². The van der Waals surface area contributed by atoms with Crippen LogP contribution in [-0.2, 0) is 23.2 Å². The molecule has 0 amide bonds. The lowest BCUT2D eigenvalue weighted by Crippen LogP contribution is -2.41. The van der Waals surface area contributed by atoms with E-state index in [2.05, 4.69) is 46.7 Å². The molecule has 0 aromatic heterocycles. The van der Waals surface area contributed by atoms with Gasteiger partial charge in [0.1, 0.15) is 5.82 Å². The standard InChI is InChI=1S/C25H33FN4O.HI/c1-2-27-24(29-19-25(10-11-25)22-4-3-5-23(26)16-22)28-17-20-6-8-21(9-7-20)18-30-12-14-31-15-13-30;/h3-9,16H,2,10-15,17-19H2,1H3,(H2,27,28,29);1H. The zero-order chi connectivity index (χ0) is 21.5. The van der Waals surface area contributed by atoms with Crippen molar-refractivity contribution in [3.8, 4) is 0 Å². The second-order valence-electron chi connectivity index (χ2n) is 8.54. The molecule has 7 heteroatoms. The molecule has 32 heavy (non-hydrogen) atoms. The van der Waals surface area contributed by atoms with Crippen molar-refractivity contribution in [2.45, 2.75) is 38.3 Å². The summed E-state index contributed by atoms with van der Waals surface area (Å²) in [5.41, 5.74) is 3.62. The van der Waals surface area contributed by atoms with Gasteiger partial charge >= 0.3 is 0 Å². The number of nitrogens with zero attached hydrogens (tertiary/aromatic N) is 2. The molecule has 1 aliphatic heterocycles. The van der Waals surface area contributed by atoms with Gasteiger partial charge in [-0.05, 0) is 48.6 Å². The van der Waals surface area contributed by atoms with Gasteiger partial charge in [-0.1, -0.05) is 36.4 Å². The molecule has 2 aliphatic rings. The molecule has 1 aliphatic carbocycles. The van der Waals surface area contributed by atoms with E-state index < -0.39 is 0 Å². The van der Waals surface area contributed by atoms with Crippen LogP contribution in [0.25, 0.3) is 0 Å². The van der Waals surface area contributed by atoms with Crippen LogP contribution in [0.3, 0.4) is 0 Å². The number of ether oxygens (including phenoxy) is 1. The number of aliphatic imine (C=N–C) groups is 1. The van der Waals surface area contributed by atoms with Crippen LogP contribution in [0.4, 0.5) is 4.39 Å². The molecule has 1 saturated heterocycles. The lowest BCUT2D eigenvalue weighted by atomic mass is 9.96. The van der Waals surface area contributed by atoms with E-state index in [1.807, 2.05) is 6.07 Å². The highest BCUT2D eigenvalue weighted by Gasteiger charge is 2.44. The number of halogens is 2. The van der Waals surface area contributed by atoms with E-state index in [1.54, 1.807) is 12.1 Å². The van der Waals surface area contributed by atoms with Crippen LogP contribution < -0.4 is 10.6 Å². The number of morpholine rings is 1. The maximum atomic E-state index is 13.6. The summed E-state index contributed by atoms with van der Waals surface area (Å²) in [6.07, 6.45) is 2.15. The normalized spacial score (nSPS) is 18.0. The molecule has 174 valence electrons. The Morgan fingerprint density at radius 3 is 2.44 bits per heavy atom. The Morgan fingerprint density at radius 1 is 1.06 bits per heavy atom. The monoisotopic (exact) mass is 552 g/mol. The Kier molecular flexibility index (Phi) is 9.31. The predicted molar refractivity (Wildman–Crippen MR) is 138 cm³/mol. The average molecular weight is 552 g/mol. The summed E-state index contributed by atoms with van der Waals surface area (Å²) < 4.78 is 19.1. The molecule has 0 spiro atoms. The minimum Gasteiger partial charge on any atom is -0.379 e. The topological polar surface area (TPSA) is 48.9 Å². The van der Waals surface area contributed by atoms with E-state index in [1.165, 1.54) is 17.2 Å². The molecule has 0 bridgehead atoms. The van der Waals surface area contributed by atoms with Crippen LogP contribution >= 0.6 is 24.0 Å². The van der Waals surface area contributed by atoms with E-state index in [4.69, 9.17) is 9.73 Å². The van der Waals surface area contributed by atoms with Crippen molar-refractivity contribution in [1.82, 2.24) is 15.5 Å². The van der Waals surface area contributed by atoms with Gasteiger partial charge in [0.25, 0.3) is 0 Å². The highest BCUT2D eigenvalue weighted by atomic mass is 127. The first kappa shape index (κ1) is 24.9. The van der Waals surface area contributed by atoms with Crippen molar-refractivity contribution >= 4 is 29.9 Å². The number of hydrogen-bond acceptors (Lipinski definition) is 3. The van der Waals surface area contributed by atoms with Crippen molar-refractivity contribution in [2.75, 3.05) is 39.4 Å². The molecule has 2 fully saturated rings. The number of guanidine groups is 1. The minimum absolute atomic E-state index is 0. The maximum Gasteiger partial charge on any atom is 0.191 e. The van der Waals surface area contributed by atoms with E-state index >= 15 is 0 Å². The van der Waals surface area contributed by atoms with Gasteiger partial charge in [-0.25, -0.2) is 9.38 Å². The maximum absolute atomic E-state index is 13.6. The van der Waals surface area contributed by atoms with Crippen molar-refractivity contribution in [3.63, 3.8) is 0 Å². The zero-order valence-corrected chi connectivity index (χ0v) is 21.1. The van der Waals surface area contributed by atoms with Crippen LogP contribution in [0, 0.1) is 5.82 Å². The van der Waals surface area contributed by atoms with Gasteiger partial charge in [-0.2, -0.15) is 0 Å². The van der Waals surface area contributed by atoms with E-state index in [9.17, 15) is 4.39 Å². The summed E-state index contributed by atoms with van der Waals surface area (Å²) in [6.45, 7) is 8.89. The van der Waals surface area contributed by atoms with Gasteiger partial charge in [-0.3, -0.25) is 4.90 Å². The second kappa shape index (κ2) is 12.0. The Hall–Kier alpha value is -1.71. The summed E-state index contributed by atoms with van der Waals surface area (Å²) in [5, 5.41) is 6.80. The Labute approximate surface area is 207 Å². The molecule has 2 aromatic carbocycles. The van der Waals surface area contributed by atoms with Crippen LogP contribution in [0.5, 0.6) is 0 Å². The Morgan fingerprint density at radius 2 is 1.78 bits per heavy atom. The summed E-state index contributed by atoms with van der Waals surface area (Å²) >= 11 is 0. The Bertz CT molecular complexity index is 880. The summed E-state index contributed by atoms with van der Waals surface area (Å²) in [6, 6.07) is 15.7. The first-order chi connectivity index (χ1) is 15.2. The van der Waals surface area contributed by atoms with E-state index in [0.717, 1.165) is 70.3 Å². The molecule has 5 nitrogen and oxygen atoms in total. The molecule has 2 aromatic rings. The highest BCUT2D eigenvalue weighted by Crippen LogP contribution is 2.47. The second-order valence-corrected chi connectivity index (χ2v) is 8.54. The fourth-order valence-corrected chi connectivity index (χ4v) is 4.07. The van der Waals surface area contributed by atoms with E-state index in [-0.39, 0.29) is 35.2 Å². The summed E-state index contributed by atoms with van der Waals surface area (Å²) in [5.74, 6) is 0.643. The molecule has 4 rings (SSSR count). The molecular formula is C25H34FIN4O. The van der Waals surface area contributed by atoms with Gasteiger partial charge < -0.3 is 15.4 Å². The lowest BCUT2D eigenvalue weighted by molar-refractivity contribution is 0.0342. The van der Waals surface area contributed by atoms with Gasteiger partial charge in [-0.15, -0.1) is 24.0 Å². The third-order valence-corrected chi connectivity index (χ3v) is 6.18. The molecule has 0 radical (unpaired) electrons. The van der Waals surface area contributed by atoms with Gasteiger partial charge in [0, 0.05) is 38.1 Å². The number of hydrogen-bond donors (Lipinski definition) is 2. The minimum atomic E-state index is -0.165. The molecule has 1 saturated carbocycles. The van der Waals surface area contributed by atoms with Crippen LogP contribution in [0.1, 0.15) is 36.5 Å². The molecule has 0 unspecified atom stereocenters. The molecule has 0 atom stereocenters. The highest BCUT2D eigenvalue weighted by molar-refractivity contribution is 14.0. The molecular weight excluding hydrogens is 518 g/mol. The van der Waals surface area contributed by atoms with Gasteiger partial charge in [0.15, 0.2) is 5.96 Å². The number of benzene rings is 2. The van der Waals surface area contributed by atoms with Crippen molar-refractivity contribution < 1.29 is 9.13 Å². The Balaban J connectivity index is 0.00000289. The molecule has 1 heterocycles. The summed E-state index contributed by atoms with van der Waals surface area (Å²) in [7, 11) is 0. The van der Waals surface area contributed by atoms with Gasteiger partial charge in [0.05, 0.1) is 19.8 Å². The third kappa shape index (κ3) is 6.89. The van der Waals surface area contributed by atoms with E-state index in [0.29, 0.717) is 6.54 Å². The first-order valence-electron chi connectivity index (χ1n) is 11.3. The van der Waals surface area contributed by atoms with Crippen molar-refractivity contribution in [1.29, 1.82) is 0 Å². The first-order valence-corrected chi connectivity index (χ1v) is 11.3. The van der Waals surface area contributed by atoms with Crippen molar-refractivity contribution in [2.24, 2.45) is 4.99 Å². The number of nitrogens with one attached hydrogen (secondary N) is 2. The summed E-state index contributed by atoms with van der Waals surface area (Å²) in [4.78, 5) is 7.19. The zero-order valence-electron chi connectivity index (χ0n) is 18.8. The SMILES string of the molecule is CCNC(=NCc1ccc(CN2CCOCC2)cc1)NCC1(c2cccc(F)c2)CC1.I. The predicted octanol–water partition coefficient (Wildman–Crippen LogP) is 4.06. The lowest BCUT2D eigenvalue weighted by Gasteiger charge is -2.26. The van der Waals surface area contributed by atoms with Crippen molar-refractivity contribution in [3.05, 3.63) is 71.0 Å².